The number of esters is 1. The van der Waals surface area contributed by atoms with E-state index in [-0.39, 0.29) is 0 Å². The highest BCUT2D eigenvalue weighted by Crippen LogP contribution is 2.34. The van der Waals surface area contributed by atoms with Crippen LogP contribution in [-0.4, -0.2) is 5.97 Å². The molecule has 0 saturated heterocycles. The first-order valence-corrected chi connectivity index (χ1v) is 7.20. The number of hydrogen-bond acceptors (Lipinski definition) is 4. The minimum atomic E-state index is -0.451. The van der Waals surface area contributed by atoms with Crippen LogP contribution in [0.15, 0.2) is 32.4 Å². The van der Waals surface area contributed by atoms with E-state index in [1.807, 2.05) is 13.0 Å². The van der Waals surface area contributed by atoms with Crippen LogP contribution in [-0.2, 0) is 11.2 Å². The number of fused-ring (bicyclic) bond motifs is 1. The zero-order valence-corrected chi connectivity index (χ0v) is 13.7. The molecule has 1 aromatic heterocycles. The molecule has 0 fully saturated rings. The molecule has 0 saturated carbocycles. The Bertz CT molecular complexity index is 802. The zero-order chi connectivity index (χ0) is 15.7. The average Bonchev–Trinajstić information content (AvgIpc) is 2.42. The van der Waals surface area contributed by atoms with Crippen molar-refractivity contribution in [3.8, 4) is 5.75 Å². The van der Waals surface area contributed by atoms with Gasteiger partial charge in [-0.15, -0.1) is 6.58 Å². The van der Waals surface area contributed by atoms with E-state index < -0.39 is 11.6 Å². The van der Waals surface area contributed by atoms with Crippen LogP contribution in [0, 0.1) is 13.8 Å². The Morgan fingerprint density at radius 1 is 1.43 bits per heavy atom. The number of aryl methyl sites for hydroxylation is 2. The van der Waals surface area contributed by atoms with Gasteiger partial charge in [0.2, 0.25) is 0 Å². The molecule has 0 N–H and O–H groups in total. The van der Waals surface area contributed by atoms with Gasteiger partial charge in [0.05, 0.1) is 0 Å². The van der Waals surface area contributed by atoms with Gasteiger partial charge < -0.3 is 9.15 Å². The molecule has 0 aliphatic rings. The molecule has 0 spiro atoms. The van der Waals surface area contributed by atoms with E-state index in [0.717, 1.165) is 16.5 Å². The number of benzene rings is 1. The number of carbonyl (C=O) groups excluding carboxylic acids is 1. The van der Waals surface area contributed by atoms with E-state index in [0.29, 0.717) is 27.8 Å². The first kappa shape index (κ1) is 15.5. The van der Waals surface area contributed by atoms with Gasteiger partial charge in [-0.05, 0) is 53.4 Å². The monoisotopic (exact) mass is 350 g/mol. The quantitative estimate of drug-likeness (QED) is 0.365. The van der Waals surface area contributed by atoms with Crippen LogP contribution in [0.4, 0.5) is 0 Å². The van der Waals surface area contributed by atoms with Crippen LogP contribution in [0.25, 0.3) is 11.0 Å². The minimum absolute atomic E-state index is 0.402. The summed E-state index contributed by atoms with van der Waals surface area (Å²) in [5.41, 5.74) is 2.24. The van der Waals surface area contributed by atoms with E-state index in [9.17, 15) is 9.59 Å². The molecule has 21 heavy (non-hydrogen) atoms. The van der Waals surface area contributed by atoms with E-state index >= 15 is 0 Å². The number of carbonyl (C=O) groups is 1. The minimum Gasteiger partial charge on any atom is -0.426 e. The van der Waals surface area contributed by atoms with Gasteiger partial charge >= 0.3 is 11.6 Å². The van der Waals surface area contributed by atoms with Crippen molar-refractivity contribution >= 4 is 32.9 Å². The Morgan fingerprint density at radius 3 is 2.67 bits per heavy atom. The van der Waals surface area contributed by atoms with Crippen molar-refractivity contribution < 1.29 is 13.9 Å². The van der Waals surface area contributed by atoms with Gasteiger partial charge in [0, 0.05) is 17.9 Å². The van der Waals surface area contributed by atoms with Gasteiger partial charge in [-0.3, -0.25) is 4.79 Å². The van der Waals surface area contributed by atoms with Crippen LogP contribution in [0.5, 0.6) is 5.75 Å². The van der Waals surface area contributed by atoms with E-state index in [2.05, 4.69) is 22.5 Å². The molecule has 2 aromatic rings. The average molecular weight is 351 g/mol. The van der Waals surface area contributed by atoms with E-state index in [1.54, 1.807) is 13.0 Å². The Morgan fingerprint density at radius 2 is 2.10 bits per heavy atom. The maximum absolute atomic E-state index is 11.8. The summed E-state index contributed by atoms with van der Waals surface area (Å²) in [6.07, 6.45) is 2.28. The summed E-state index contributed by atoms with van der Waals surface area (Å²) in [4.78, 5) is 23.1. The van der Waals surface area contributed by atoms with E-state index in [4.69, 9.17) is 9.15 Å². The summed E-state index contributed by atoms with van der Waals surface area (Å²) in [5.74, 6) is 0.0127. The Balaban J connectivity index is 2.90. The summed E-state index contributed by atoms with van der Waals surface area (Å²) in [7, 11) is 0. The number of hydrogen-bond donors (Lipinski definition) is 0. The van der Waals surface area contributed by atoms with Gasteiger partial charge in [-0.2, -0.15) is 0 Å². The lowest BCUT2D eigenvalue weighted by Crippen LogP contribution is -2.08. The van der Waals surface area contributed by atoms with Crippen LogP contribution in [0.1, 0.15) is 23.6 Å². The molecule has 1 aromatic carbocycles. The molecular formula is C16H15BrO4. The SMILES string of the molecule is C=CCc1cc2c(C)c(Br)c(=O)oc2c(C)c1OC(C)=O. The van der Waals surface area contributed by atoms with Crippen LogP contribution < -0.4 is 10.4 Å². The van der Waals surface area contributed by atoms with Crippen molar-refractivity contribution in [3.63, 3.8) is 0 Å². The molecule has 0 radical (unpaired) electrons. The lowest BCUT2D eigenvalue weighted by Gasteiger charge is -2.14. The lowest BCUT2D eigenvalue weighted by molar-refractivity contribution is -0.131. The fourth-order valence-electron chi connectivity index (χ4n) is 2.26. The van der Waals surface area contributed by atoms with Crippen molar-refractivity contribution in [1.29, 1.82) is 0 Å². The highest BCUT2D eigenvalue weighted by molar-refractivity contribution is 9.10. The summed E-state index contributed by atoms with van der Waals surface area (Å²) in [5, 5.41) is 0.812. The van der Waals surface area contributed by atoms with Crippen LogP contribution in [0.3, 0.4) is 0 Å². The third-order valence-corrected chi connectivity index (χ3v) is 4.17. The smallest absolute Gasteiger partial charge is 0.350 e. The second-order valence-corrected chi connectivity index (χ2v) is 5.57. The maximum Gasteiger partial charge on any atom is 0.350 e. The standard InChI is InChI=1S/C16H15BrO4/c1-5-6-11-7-12-8(2)13(17)16(19)21-15(12)9(3)14(11)20-10(4)18/h5,7H,1,6H2,2-4H3. The molecular weight excluding hydrogens is 336 g/mol. The number of allylic oxidation sites excluding steroid dienone is 1. The molecule has 1 heterocycles. The summed E-state index contributed by atoms with van der Waals surface area (Å²) in [6, 6.07) is 1.87. The fraction of sp³-hybridized carbons (Fsp3) is 0.250. The zero-order valence-electron chi connectivity index (χ0n) is 12.1. The first-order valence-electron chi connectivity index (χ1n) is 6.41. The topological polar surface area (TPSA) is 56.5 Å². The number of ether oxygens (including phenoxy) is 1. The lowest BCUT2D eigenvalue weighted by atomic mass is 10.0. The molecule has 5 heteroatoms. The summed E-state index contributed by atoms with van der Waals surface area (Å²) < 4.78 is 11.0. The molecule has 0 aliphatic heterocycles. The molecule has 0 unspecified atom stereocenters. The predicted molar refractivity (Wildman–Crippen MR) is 84.9 cm³/mol. The van der Waals surface area contributed by atoms with Crippen molar-refractivity contribution in [3.05, 3.63) is 50.3 Å². The molecule has 0 bridgehead atoms. The van der Waals surface area contributed by atoms with Gasteiger partial charge in [-0.25, -0.2) is 4.79 Å². The molecule has 0 aliphatic carbocycles. The predicted octanol–water partition coefficient (Wildman–Crippen LogP) is 3.83. The van der Waals surface area contributed by atoms with Gasteiger partial charge in [-0.1, -0.05) is 6.08 Å². The maximum atomic E-state index is 11.8. The largest absolute Gasteiger partial charge is 0.426 e. The normalized spacial score (nSPS) is 10.7. The third kappa shape index (κ3) is 2.78. The number of halogens is 1. The molecule has 2 rings (SSSR count). The molecule has 0 amide bonds. The van der Waals surface area contributed by atoms with Crippen molar-refractivity contribution in [2.45, 2.75) is 27.2 Å². The Hall–Kier alpha value is -1.88. The molecule has 4 nitrogen and oxygen atoms in total. The second kappa shape index (κ2) is 5.85. The van der Waals surface area contributed by atoms with Gasteiger partial charge in [0.15, 0.2) is 0 Å². The summed E-state index contributed by atoms with van der Waals surface area (Å²) >= 11 is 3.24. The number of rotatable bonds is 3. The Kier molecular flexibility index (Phi) is 4.32. The van der Waals surface area contributed by atoms with Crippen LogP contribution >= 0.6 is 15.9 Å². The first-order chi connectivity index (χ1) is 9.86. The fourth-order valence-corrected chi connectivity index (χ4v) is 2.56. The second-order valence-electron chi connectivity index (χ2n) is 4.78. The van der Waals surface area contributed by atoms with Crippen molar-refractivity contribution in [2.24, 2.45) is 0 Å². The highest BCUT2D eigenvalue weighted by atomic mass is 79.9. The third-order valence-electron chi connectivity index (χ3n) is 3.25. The van der Waals surface area contributed by atoms with Crippen LogP contribution in [0.2, 0.25) is 0 Å². The van der Waals surface area contributed by atoms with Gasteiger partial charge in [0.25, 0.3) is 0 Å². The highest BCUT2D eigenvalue weighted by Gasteiger charge is 2.18. The summed E-state index contributed by atoms with van der Waals surface area (Å²) in [6.45, 7) is 8.66. The molecule has 0 atom stereocenters. The van der Waals surface area contributed by atoms with Crippen molar-refractivity contribution in [2.75, 3.05) is 0 Å². The Labute approximate surface area is 130 Å². The molecule has 110 valence electrons. The van der Waals surface area contributed by atoms with Crippen molar-refractivity contribution in [1.82, 2.24) is 0 Å². The van der Waals surface area contributed by atoms with E-state index in [1.165, 1.54) is 6.92 Å². The van der Waals surface area contributed by atoms with Gasteiger partial charge in [0.1, 0.15) is 15.8 Å².